The minimum atomic E-state index is -0.118. The van der Waals surface area contributed by atoms with Crippen molar-refractivity contribution >= 4 is 28.3 Å². The second-order valence-corrected chi connectivity index (χ2v) is 11.1. The van der Waals surface area contributed by atoms with Gasteiger partial charge >= 0.3 is 0 Å². The van der Waals surface area contributed by atoms with Crippen LogP contribution >= 0.6 is 0 Å². The maximum absolute atomic E-state index is 14.0. The van der Waals surface area contributed by atoms with Gasteiger partial charge in [-0.15, -0.1) is 0 Å². The fraction of sp³-hybridized carbons (Fsp3) is 0.448. The van der Waals surface area contributed by atoms with E-state index in [1.165, 1.54) is 5.56 Å². The Morgan fingerprint density at radius 2 is 1.84 bits per heavy atom. The summed E-state index contributed by atoms with van der Waals surface area (Å²) in [7, 11) is 1.75. The summed E-state index contributed by atoms with van der Waals surface area (Å²) < 4.78 is 5.22. The number of nitriles is 1. The molecule has 0 saturated carbocycles. The molecule has 0 spiro atoms. The molecule has 0 atom stereocenters. The average molecular weight is 499 g/mol. The molecule has 8 nitrogen and oxygen atoms in total. The topological polar surface area (TPSA) is 85.6 Å². The normalized spacial score (nSPS) is 16.4. The third-order valence-corrected chi connectivity index (χ3v) is 7.14. The van der Waals surface area contributed by atoms with Gasteiger partial charge in [0.2, 0.25) is 5.82 Å². The van der Waals surface area contributed by atoms with Crippen LogP contribution in [0.15, 0.2) is 42.5 Å². The molecule has 2 aromatic carbocycles. The maximum Gasteiger partial charge on any atom is 0.277 e. The van der Waals surface area contributed by atoms with Crippen LogP contribution in [0, 0.1) is 16.7 Å². The number of hydrazine groups is 1. The van der Waals surface area contributed by atoms with Crippen LogP contribution in [0.1, 0.15) is 61.3 Å². The number of ether oxygens (including phenoxy) is 1. The van der Waals surface area contributed by atoms with Crippen molar-refractivity contribution < 1.29 is 9.53 Å². The van der Waals surface area contributed by atoms with Crippen LogP contribution in [0.25, 0.3) is 10.9 Å². The van der Waals surface area contributed by atoms with Crippen molar-refractivity contribution in [2.45, 2.75) is 39.5 Å². The van der Waals surface area contributed by atoms with E-state index in [1.54, 1.807) is 12.1 Å². The first-order valence-corrected chi connectivity index (χ1v) is 12.9. The molecule has 1 amide bonds. The summed E-state index contributed by atoms with van der Waals surface area (Å²) in [5, 5.41) is 13.9. The molecule has 0 unspecified atom stereocenters. The van der Waals surface area contributed by atoms with Crippen molar-refractivity contribution in [2.24, 2.45) is 5.41 Å². The molecular formula is C29H34N6O2. The van der Waals surface area contributed by atoms with Crippen LogP contribution in [-0.2, 0) is 4.74 Å². The molecular weight excluding hydrogens is 464 g/mol. The van der Waals surface area contributed by atoms with Crippen LogP contribution in [0.2, 0.25) is 0 Å². The van der Waals surface area contributed by atoms with Gasteiger partial charge in [0.05, 0.1) is 23.2 Å². The highest BCUT2D eigenvalue weighted by atomic mass is 16.5. The largest absolute Gasteiger partial charge is 0.383 e. The van der Waals surface area contributed by atoms with Gasteiger partial charge in [-0.2, -0.15) is 10.2 Å². The molecule has 8 heteroatoms. The van der Waals surface area contributed by atoms with Gasteiger partial charge < -0.3 is 9.64 Å². The van der Waals surface area contributed by atoms with E-state index in [1.807, 2.05) is 35.3 Å². The minimum Gasteiger partial charge on any atom is -0.383 e. The third kappa shape index (κ3) is 5.02. The quantitative estimate of drug-likeness (QED) is 0.485. The molecule has 0 aliphatic carbocycles. The van der Waals surface area contributed by atoms with E-state index in [0.29, 0.717) is 29.4 Å². The number of hydrogen-bond donors (Lipinski definition) is 0. The lowest BCUT2D eigenvalue weighted by Crippen LogP contribution is -2.48. The molecule has 3 aromatic rings. The highest BCUT2D eigenvalue weighted by molar-refractivity contribution is 6.17. The number of anilines is 2. The van der Waals surface area contributed by atoms with E-state index < -0.39 is 0 Å². The van der Waals surface area contributed by atoms with E-state index in [0.717, 1.165) is 50.2 Å². The Hall–Kier alpha value is -3.54. The van der Waals surface area contributed by atoms with Crippen LogP contribution in [0.3, 0.4) is 0 Å². The number of benzene rings is 2. The van der Waals surface area contributed by atoms with Gasteiger partial charge in [-0.1, -0.05) is 39.0 Å². The molecule has 2 aliphatic heterocycles. The molecule has 37 heavy (non-hydrogen) atoms. The first-order valence-electron chi connectivity index (χ1n) is 12.9. The molecule has 192 valence electrons. The Kier molecular flexibility index (Phi) is 6.84. The van der Waals surface area contributed by atoms with Crippen molar-refractivity contribution in [3.8, 4) is 6.07 Å². The van der Waals surface area contributed by atoms with E-state index in [2.05, 4.69) is 53.8 Å². The Bertz CT molecular complexity index is 1330. The van der Waals surface area contributed by atoms with Gasteiger partial charge in [0.1, 0.15) is 6.07 Å². The SMILES string of the molecule is COCCN1CCC(c2ccc(C(=O)N3c4cccc5nc(C#N)nc(c45)N3CC(C)(C)C)cc2)CC1. The van der Waals surface area contributed by atoms with Crippen molar-refractivity contribution in [3.63, 3.8) is 0 Å². The fourth-order valence-corrected chi connectivity index (χ4v) is 5.33. The van der Waals surface area contributed by atoms with Crippen LogP contribution < -0.4 is 10.0 Å². The summed E-state index contributed by atoms with van der Waals surface area (Å²) in [5.41, 5.74) is 3.20. The Balaban J connectivity index is 1.42. The molecule has 3 heterocycles. The first-order chi connectivity index (χ1) is 17.8. The molecule has 2 aliphatic rings. The second-order valence-electron chi connectivity index (χ2n) is 11.1. The molecule has 0 radical (unpaired) electrons. The number of likely N-dealkylation sites (tertiary alicyclic amines) is 1. The second kappa shape index (κ2) is 10.1. The predicted molar refractivity (Wildman–Crippen MR) is 145 cm³/mol. The molecule has 5 rings (SSSR count). The van der Waals surface area contributed by atoms with Gasteiger partial charge in [-0.05, 0) is 67.1 Å². The maximum atomic E-state index is 14.0. The lowest BCUT2D eigenvalue weighted by molar-refractivity contribution is 0.0983. The number of amides is 1. The number of piperidine rings is 1. The standard InChI is InChI=1S/C29H34N6O2/c1-29(2,3)19-34-27-26-23(31-25(18-30)32-27)6-5-7-24(26)35(34)28(36)22-10-8-20(9-11-22)21-12-14-33(15-13-21)16-17-37-4/h5-11,21H,12-17,19H2,1-4H3. The summed E-state index contributed by atoms with van der Waals surface area (Å²) in [5.74, 6) is 1.10. The molecule has 0 bridgehead atoms. The van der Waals surface area contributed by atoms with Gasteiger partial charge in [-0.3, -0.25) is 9.80 Å². The van der Waals surface area contributed by atoms with Gasteiger partial charge in [0.15, 0.2) is 5.82 Å². The molecule has 0 N–H and O–H groups in total. The van der Waals surface area contributed by atoms with E-state index >= 15 is 0 Å². The molecule has 1 aromatic heterocycles. The summed E-state index contributed by atoms with van der Waals surface area (Å²) >= 11 is 0. The molecule has 1 saturated heterocycles. The third-order valence-electron chi connectivity index (χ3n) is 7.14. The summed E-state index contributed by atoms with van der Waals surface area (Å²) in [6.45, 7) is 10.8. The highest BCUT2D eigenvalue weighted by Gasteiger charge is 2.38. The Labute approximate surface area is 218 Å². The van der Waals surface area contributed by atoms with Crippen LogP contribution in [0.4, 0.5) is 11.5 Å². The number of aromatic nitrogens is 2. The van der Waals surface area contributed by atoms with Crippen LogP contribution in [-0.4, -0.2) is 60.7 Å². The Morgan fingerprint density at radius 1 is 1.11 bits per heavy atom. The van der Waals surface area contributed by atoms with Gasteiger partial charge in [0, 0.05) is 25.8 Å². The molecule has 1 fully saturated rings. The van der Waals surface area contributed by atoms with Gasteiger partial charge in [0.25, 0.3) is 5.91 Å². The van der Waals surface area contributed by atoms with Crippen molar-refractivity contribution in [3.05, 3.63) is 59.4 Å². The van der Waals surface area contributed by atoms with E-state index in [4.69, 9.17) is 4.74 Å². The summed E-state index contributed by atoms with van der Waals surface area (Å²) in [4.78, 5) is 25.4. The van der Waals surface area contributed by atoms with Crippen molar-refractivity contribution in [1.82, 2.24) is 14.9 Å². The average Bonchev–Trinajstić information content (AvgIpc) is 3.20. The van der Waals surface area contributed by atoms with Gasteiger partial charge in [-0.25, -0.2) is 9.99 Å². The van der Waals surface area contributed by atoms with Crippen LogP contribution in [0.5, 0.6) is 0 Å². The smallest absolute Gasteiger partial charge is 0.277 e. The minimum absolute atomic E-state index is 0.102. The first kappa shape index (κ1) is 25.1. The van der Waals surface area contributed by atoms with E-state index in [-0.39, 0.29) is 17.1 Å². The zero-order valence-electron chi connectivity index (χ0n) is 22.1. The zero-order valence-corrected chi connectivity index (χ0v) is 22.1. The summed E-state index contributed by atoms with van der Waals surface area (Å²) in [6.07, 6.45) is 2.22. The Morgan fingerprint density at radius 3 is 2.49 bits per heavy atom. The number of carbonyl (C=O) groups is 1. The number of methoxy groups -OCH3 is 1. The lowest BCUT2D eigenvalue weighted by atomic mass is 9.89. The zero-order chi connectivity index (χ0) is 26.2. The number of nitrogens with zero attached hydrogens (tertiary/aromatic N) is 6. The predicted octanol–water partition coefficient (Wildman–Crippen LogP) is 4.76. The monoisotopic (exact) mass is 498 g/mol. The van der Waals surface area contributed by atoms with Crippen molar-refractivity contribution in [1.29, 1.82) is 5.26 Å². The van der Waals surface area contributed by atoms with Crippen molar-refractivity contribution in [2.75, 3.05) is 49.9 Å². The number of carbonyl (C=O) groups excluding carboxylic acids is 1. The fourth-order valence-electron chi connectivity index (χ4n) is 5.33. The summed E-state index contributed by atoms with van der Waals surface area (Å²) in [6, 6.07) is 15.8. The van der Waals surface area contributed by atoms with E-state index in [9.17, 15) is 10.1 Å². The number of rotatable bonds is 6. The lowest BCUT2D eigenvalue weighted by Gasteiger charge is -2.35. The highest BCUT2D eigenvalue weighted by Crippen LogP contribution is 2.43. The number of hydrogen-bond acceptors (Lipinski definition) is 7.